The maximum Gasteiger partial charge on any atom is 0.325 e. The number of hydrogen-bond donors (Lipinski definition) is 2. The molecule has 0 saturated heterocycles. The van der Waals surface area contributed by atoms with Crippen LogP contribution < -0.4 is 20.1 Å². The summed E-state index contributed by atoms with van der Waals surface area (Å²) in [6.07, 6.45) is 0. The highest BCUT2D eigenvalue weighted by molar-refractivity contribution is 7.99. The normalized spacial score (nSPS) is 12.3. The highest BCUT2D eigenvalue weighted by atomic mass is 35.5. The average Bonchev–Trinajstić information content (AvgIpc) is 3.21. The molecule has 1 aliphatic heterocycles. The van der Waals surface area contributed by atoms with Gasteiger partial charge in [-0.1, -0.05) is 23.4 Å². The molecule has 0 unspecified atom stereocenters. The molecular formula is C21H20ClN5O4S. The Balaban J connectivity index is 1.33. The largest absolute Gasteiger partial charge is 0.486 e. The van der Waals surface area contributed by atoms with Gasteiger partial charge in [-0.05, 0) is 43.3 Å². The molecule has 0 saturated carbocycles. The van der Waals surface area contributed by atoms with E-state index in [4.69, 9.17) is 21.1 Å². The van der Waals surface area contributed by atoms with Crippen molar-refractivity contribution in [1.82, 2.24) is 20.1 Å². The van der Waals surface area contributed by atoms with E-state index in [1.165, 1.54) is 11.8 Å². The molecule has 166 valence electrons. The Morgan fingerprint density at radius 1 is 1.09 bits per heavy atom. The van der Waals surface area contributed by atoms with E-state index in [2.05, 4.69) is 20.8 Å². The lowest BCUT2D eigenvalue weighted by atomic mass is 10.2. The fraction of sp³-hybridized carbons (Fsp3) is 0.238. The molecule has 2 aromatic carbocycles. The molecule has 0 fully saturated rings. The van der Waals surface area contributed by atoms with E-state index in [0.29, 0.717) is 52.9 Å². The molecule has 0 atom stereocenters. The molecule has 2 heterocycles. The van der Waals surface area contributed by atoms with Gasteiger partial charge in [0.2, 0.25) is 5.91 Å². The topological polar surface area (TPSA) is 107 Å². The number of halogens is 1. The second-order valence-corrected chi connectivity index (χ2v) is 8.09. The number of fused-ring (bicyclic) bond motifs is 1. The van der Waals surface area contributed by atoms with Crippen LogP contribution in [0.3, 0.4) is 0 Å². The van der Waals surface area contributed by atoms with Crippen LogP contribution in [0, 0.1) is 0 Å². The minimum Gasteiger partial charge on any atom is -0.486 e. The number of ether oxygens (including phenoxy) is 2. The molecule has 4 rings (SSSR count). The van der Waals surface area contributed by atoms with Crippen molar-refractivity contribution in [2.45, 2.75) is 18.6 Å². The molecule has 3 amide bonds. The Kier molecular flexibility index (Phi) is 6.81. The number of anilines is 1. The van der Waals surface area contributed by atoms with Crippen molar-refractivity contribution in [3.05, 3.63) is 47.5 Å². The number of urea groups is 1. The Morgan fingerprint density at radius 2 is 1.84 bits per heavy atom. The van der Waals surface area contributed by atoms with Crippen molar-refractivity contribution in [2.24, 2.45) is 0 Å². The summed E-state index contributed by atoms with van der Waals surface area (Å²) in [5.41, 5.74) is 1.37. The maximum absolute atomic E-state index is 12.3. The third kappa shape index (κ3) is 5.14. The summed E-state index contributed by atoms with van der Waals surface area (Å²) in [4.78, 5) is 24.4. The number of hydrogen-bond acceptors (Lipinski definition) is 7. The van der Waals surface area contributed by atoms with Gasteiger partial charge >= 0.3 is 6.03 Å². The number of nitrogens with one attached hydrogen (secondary N) is 2. The van der Waals surface area contributed by atoms with Crippen LogP contribution in [-0.4, -0.2) is 45.7 Å². The number of thioether (sulfide) groups is 1. The minimum atomic E-state index is -0.633. The van der Waals surface area contributed by atoms with Crippen molar-refractivity contribution in [3.63, 3.8) is 0 Å². The highest BCUT2D eigenvalue weighted by Gasteiger charge is 2.17. The van der Waals surface area contributed by atoms with Crippen LogP contribution in [0.4, 0.5) is 10.5 Å². The van der Waals surface area contributed by atoms with Gasteiger partial charge in [-0.2, -0.15) is 0 Å². The van der Waals surface area contributed by atoms with Gasteiger partial charge in [0.1, 0.15) is 13.2 Å². The average molecular weight is 474 g/mol. The molecule has 1 aliphatic rings. The van der Waals surface area contributed by atoms with Crippen LogP contribution in [0.2, 0.25) is 5.02 Å². The van der Waals surface area contributed by atoms with E-state index >= 15 is 0 Å². The van der Waals surface area contributed by atoms with Crippen LogP contribution >= 0.6 is 23.4 Å². The van der Waals surface area contributed by atoms with Gasteiger partial charge in [-0.25, -0.2) is 4.79 Å². The highest BCUT2D eigenvalue weighted by Crippen LogP contribution is 2.32. The second kappa shape index (κ2) is 9.92. The lowest BCUT2D eigenvalue weighted by Crippen LogP contribution is -2.35. The molecule has 0 bridgehead atoms. The lowest BCUT2D eigenvalue weighted by Gasteiger charge is -2.19. The molecule has 3 aromatic rings. The van der Waals surface area contributed by atoms with Gasteiger partial charge in [-0.3, -0.25) is 10.1 Å². The van der Waals surface area contributed by atoms with E-state index in [1.807, 2.05) is 23.6 Å². The molecule has 0 spiro atoms. The van der Waals surface area contributed by atoms with E-state index < -0.39 is 11.9 Å². The van der Waals surface area contributed by atoms with E-state index in [0.717, 1.165) is 5.56 Å². The molecule has 1 aromatic heterocycles. The summed E-state index contributed by atoms with van der Waals surface area (Å²) >= 11 is 7.15. The summed E-state index contributed by atoms with van der Waals surface area (Å²) in [7, 11) is 0. The summed E-state index contributed by atoms with van der Waals surface area (Å²) in [6.45, 7) is 3.52. The number of benzene rings is 2. The van der Waals surface area contributed by atoms with Crippen molar-refractivity contribution in [3.8, 4) is 22.9 Å². The van der Waals surface area contributed by atoms with Crippen molar-refractivity contribution in [1.29, 1.82) is 0 Å². The molecule has 32 heavy (non-hydrogen) atoms. The van der Waals surface area contributed by atoms with Crippen LogP contribution in [0.25, 0.3) is 11.4 Å². The molecular weight excluding hydrogens is 454 g/mol. The van der Waals surface area contributed by atoms with Gasteiger partial charge in [0, 0.05) is 28.9 Å². The van der Waals surface area contributed by atoms with Gasteiger partial charge < -0.3 is 19.4 Å². The van der Waals surface area contributed by atoms with Crippen LogP contribution in [0.5, 0.6) is 11.5 Å². The van der Waals surface area contributed by atoms with E-state index in [9.17, 15) is 9.59 Å². The summed E-state index contributed by atoms with van der Waals surface area (Å²) in [5.74, 6) is 1.40. The first kappa shape index (κ1) is 22.0. The fourth-order valence-corrected chi connectivity index (χ4v) is 4.00. The first-order chi connectivity index (χ1) is 15.5. The van der Waals surface area contributed by atoms with Crippen LogP contribution in [0.15, 0.2) is 47.6 Å². The third-order valence-electron chi connectivity index (χ3n) is 4.52. The van der Waals surface area contributed by atoms with Crippen molar-refractivity contribution in [2.75, 3.05) is 24.3 Å². The number of imide groups is 1. The number of rotatable bonds is 6. The molecule has 2 N–H and O–H groups in total. The maximum atomic E-state index is 12.3. The first-order valence-corrected chi connectivity index (χ1v) is 11.2. The molecule has 0 aliphatic carbocycles. The zero-order valence-electron chi connectivity index (χ0n) is 17.1. The SMILES string of the molecule is CCn1c(SCC(=O)NC(=O)Nc2ccc3c(c2)OCCO3)nnc1-c1ccc(Cl)cc1. The first-order valence-electron chi connectivity index (χ1n) is 9.86. The third-order valence-corrected chi connectivity index (χ3v) is 5.74. The number of carbonyl (C=O) groups is 2. The molecule has 9 nitrogen and oxygen atoms in total. The summed E-state index contributed by atoms with van der Waals surface area (Å²) < 4.78 is 12.8. The lowest BCUT2D eigenvalue weighted by molar-refractivity contribution is -0.117. The van der Waals surface area contributed by atoms with Gasteiger partial charge in [0.05, 0.1) is 5.75 Å². The predicted molar refractivity (Wildman–Crippen MR) is 121 cm³/mol. The van der Waals surface area contributed by atoms with Crippen molar-refractivity contribution < 1.29 is 19.1 Å². The zero-order valence-corrected chi connectivity index (χ0v) is 18.7. The van der Waals surface area contributed by atoms with Crippen molar-refractivity contribution >= 4 is 41.0 Å². The fourth-order valence-electron chi connectivity index (χ4n) is 3.07. The van der Waals surface area contributed by atoms with Crippen LogP contribution in [-0.2, 0) is 11.3 Å². The van der Waals surface area contributed by atoms with E-state index in [-0.39, 0.29) is 5.75 Å². The van der Waals surface area contributed by atoms with Gasteiger partial charge in [-0.15, -0.1) is 10.2 Å². The Morgan fingerprint density at radius 3 is 2.59 bits per heavy atom. The minimum absolute atomic E-state index is 0.00725. The Hall–Kier alpha value is -3.24. The standard InChI is InChI=1S/C21H20ClN5O4S/c1-2-27-19(13-3-5-14(22)6-4-13)25-26-21(27)32-12-18(28)24-20(29)23-15-7-8-16-17(11-15)31-10-9-30-16/h3-8,11H,2,9-10,12H2,1H3,(H2,23,24,28,29). The van der Waals surface area contributed by atoms with Crippen LogP contribution in [0.1, 0.15) is 6.92 Å². The van der Waals surface area contributed by atoms with E-state index in [1.54, 1.807) is 30.3 Å². The molecule has 11 heteroatoms. The van der Waals surface area contributed by atoms with Gasteiger partial charge in [0.15, 0.2) is 22.5 Å². The quantitative estimate of drug-likeness (QED) is 0.524. The summed E-state index contributed by atoms with van der Waals surface area (Å²) in [6, 6.07) is 11.7. The number of carbonyl (C=O) groups excluding carboxylic acids is 2. The molecule has 0 radical (unpaired) electrons. The monoisotopic (exact) mass is 473 g/mol. The zero-order chi connectivity index (χ0) is 22.5. The number of aromatic nitrogens is 3. The summed E-state index contributed by atoms with van der Waals surface area (Å²) in [5, 5.41) is 14.6. The Bertz CT molecular complexity index is 1140. The predicted octanol–water partition coefficient (Wildman–Crippen LogP) is 3.83. The smallest absolute Gasteiger partial charge is 0.325 e. The Labute approximate surface area is 193 Å². The number of amides is 3. The second-order valence-electron chi connectivity index (χ2n) is 6.71. The van der Waals surface area contributed by atoms with Gasteiger partial charge in [0.25, 0.3) is 0 Å². The number of nitrogens with zero attached hydrogens (tertiary/aromatic N) is 3.